The molecule has 0 radical (unpaired) electrons. The van der Waals surface area contributed by atoms with E-state index in [-0.39, 0.29) is 12.2 Å². The van der Waals surface area contributed by atoms with Crippen molar-refractivity contribution in [1.82, 2.24) is 4.98 Å². The fourth-order valence-corrected chi connectivity index (χ4v) is 1.97. The minimum atomic E-state index is -0.321. The molecule has 1 saturated carbocycles. The topological polar surface area (TPSA) is 42.4 Å². The smallest absolute Gasteiger partial charge is 0.141 e. The Balaban J connectivity index is 2.04. The first-order valence-corrected chi connectivity index (χ1v) is 5.54. The lowest BCUT2D eigenvalue weighted by molar-refractivity contribution is 0.00633. The van der Waals surface area contributed by atoms with Crippen LogP contribution in [0.2, 0.25) is 0 Å². The third-order valence-electron chi connectivity index (χ3n) is 2.90. The first-order valence-electron chi connectivity index (χ1n) is 5.54. The Bertz CT molecular complexity index is 327. The summed E-state index contributed by atoms with van der Waals surface area (Å²) in [5, 5.41) is 9.78. The van der Waals surface area contributed by atoms with E-state index in [0.29, 0.717) is 0 Å². The molecule has 3 nitrogen and oxygen atoms in total. The summed E-state index contributed by atoms with van der Waals surface area (Å²) in [4.78, 5) is 4.16. The molecule has 0 saturated heterocycles. The summed E-state index contributed by atoms with van der Waals surface area (Å²) in [6, 6.07) is 3.77. The van der Waals surface area contributed by atoms with Crippen molar-refractivity contribution in [2.45, 2.75) is 44.8 Å². The summed E-state index contributed by atoms with van der Waals surface area (Å²) < 4.78 is 5.79. The molecule has 1 aliphatic rings. The van der Waals surface area contributed by atoms with Crippen molar-refractivity contribution in [3.63, 3.8) is 0 Å². The second kappa shape index (κ2) is 4.62. The fraction of sp³-hybridized carbons (Fsp3) is 0.583. The second-order valence-electron chi connectivity index (χ2n) is 4.10. The van der Waals surface area contributed by atoms with Crippen LogP contribution in [-0.4, -0.2) is 22.3 Å². The summed E-state index contributed by atoms with van der Waals surface area (Å²) in [7, 11) is 0. The molecule has 0 spiro atoms. The summed E-state index contributed by atoms with van der Waals surface area (Å²) in [5.74, 6) is 0.795. The molecule has 1 aromatic heterocycles. The number of aliphatic hydroxyl groups is 1. The van der Waals surface area contributed by atoms with Crippen molar-refractivity contribution < 1.29 is 9.84 Å². The Morgan fingerprint density at radius 3 is 2.93 bits per heavy atom. The van der Waals surface area contributed by atoms with Crippen LogP contribution in [0.3, 0.4) is 0 Å². The number of aromatic nitrogens is 1. The summed E-state index contributed by atoms with van der Waals surface area (Å²) >= 11 is 0. The van der Waals surface area contributed by atoms with Gasteiger partial charge in [0, 0.05) is 6.20 Å². The number of hydrogen-bond donors (Lipinski definition) is 1. The van der Waals surface area contributed by atoms with E-state index in [4.69, 9.17) is 4.74 Å². The zero-order chi connectivity index (χ0) is 10.7. The third kappa shape index (κ3) is 2.48. The molecule has 15 heavy (non-hydrogen) atoms. The van der Waals surface area contributed by atoms with Gasteiger partial charge in [-0.25, -0.2) is 0 Å². The highest BCUT2D eigenvalue weighted by Gasteiger charge is 2.24. The van der Waals surface area contributed by atoms with Crippen LogP contribution in [-0.2, 0) is 0 Å². The Morgan fingerprint density at radius 1 is 1.40 bits per heavy atom. The van der Waals surface area contributed by atoms with Crippen molar-refractivity contribution in [2.75, 3.05) is 0 Å². The first kappa shape index (κ1) is 10.4. The van der Waals surface area contributed by atoms with Gasteiger partial charge in [0.05, 0.1) is 11.8 Å². The Morgan fingerprint density at radius 2 is 2.20 bits per heavy atom. The van der Waals surface area contributed by atoms with Crippen molar-refractivity contribution in [3.05, 3.63) is 24.0 Å². The van der Waals surface area contributed by atoms with Crippen LogP contribution >= 0.6 is 0 Å². The highest BCUT2D eigenvalue weighted by molar-refractivity contribution is 5.25. The first-order chi connectivity index (χ1) is 7.27. The van der Waals surface area contributed by atoms with E-state index in [9.17, 15) is 5.11 Å². The van der Waals surface area contributed by atoms with Gasteiger partial charge in [0.15, 0.2) is 0 Å². The quantitative estimate of drug-likeness (QED) is 0.807. The van der Waals surface area contributed by atoms with Gasteiger partial charge < -0.3 is 9.84 Å². The highest BCUT2D eigenvalue weighted by Crippen LogP contribution is 2.24. The number of ether oxygens (including phenoxy) is 1. The van der Waals surface area contributed by atoms with E-state index in [1.807, 2.05) is 19.1 Å². The van der Waals surface area contributed by atoms with Crippen LogP contribution in [0.25, 0.3) is 0 Å². The maximum absolute atomic E-state index is 9.78. The van der Waals surface area contributed by atoms with Gasteiger partial charge in [0.1, 0.15) is 11.9 Å². The average Bonchev–Trinajstić information content (AvgIpc) is 2.24. The zero-order valence-electron chi connectivity index (χ0n) is 9.02. The van der Waals surface area contributed by atoms with E-state index in [0.717, 1.165) is 37.1 Å². The van der Waals surface area contributed by atoms with Crippen molar-refractivity contribution in [3.8, 4) is 5.75 Å². The Hall–Kier alpha value is -1.09. The van der Waals surface area contributed by atoms with Gasteiger partial charge in [0.2, 0.25) is 0 Å². The molecular weight excluding hydrogens is 190 g/mol. The minimum Gasteiger partial charge on any atom is -0.486 e. The molecule has 1 aliphatic carbocycles. The lowest BCUT2D eigenvalue weighted by atomic mass is 9.95. The van der Waals surface area contributed by atoms with Crippen LogP contribution in [0.5, 0.6) is 5.75 Å². The van der Waals surface area contributed by atoms with E-state index in [1.54, 1.807) is 6.20 Å². The molecule has 0 aromatic carbocycles. The van der Waals surface area contributed by atoms with Crippen molar-refractivity contribution in [2.24, 2.45) is 0 Å². The molecule has 2 atom stereocenters. The molecular formula is C12H17NO2. The van der Waals surface area contributed by atoms with Crippen LogP contribution in [0.15, 0.2) is 18.3 Å². The van der Waals surface area contributed by atoms with Gasteiger partial charge in [-0.2, -0.15) is 0 Å². The van der Waals surface area contributed by atoms with Crippen molar-refractivity contribution in [1.29, 1.82) is 0 Å². The Labute approximate surface area is 90.1 Å². The standard InChI is InChI=1S/C12H17NO2/c1-9-11(7-4-8-13-9)15-12-6-3-2-5-10(12)14/h4,7-8,10,12,14H,2-3,5-6H2,1H3/t10-,12-/m1/s1. The molecule has 2 rings (SSSR count). The number of aliphatic hydroxyl groups excluding tert-OH is 1. The lowest BCUT2D eigenvalue weighted by Gasteiger charge is -2.28. The van der Waals surface area contributed by atoms with Gasteiger partial charge >= 0.3 is 0 Å². The SMILES string of the molecule is Cc1ncccc1O[C@@H]1CCCC[C@H]1O. The monoisotopic (exact) mass is 207 g/mol. The zero-order valence-corrected chi connectivity index (χ0v) is 9.02. The van der Waals surface area contributed by atoms with E-state index in [2.05, 4.69) is 4.98 Å². The van der Waals surface area contributed by atoms with Gasteiger partial charge in [0.25, 0.3) is 0 Å². The molecule has 0 aliphatic heterocycles. The van der Waals surface area contributed by atoms with Crippen LogP contribution in [0, 0.1) is 6.92 Å². The molecule has 0 bridgehead atoms. The predicted octanol–water partition coefficient (Wildman–Crippen LogP) is 2.07. The molecule has 3 heteroatoms. The lowest BCUT2D eigenvalue weighted by Crippen LogP contribution is -2.34. The fourth-order valence-electron chi connectivity index (χ4n) is 1.97. The molecule has 1 heterocycles. The largest absolute Gasteiger partial charge is 0.486 e. The van der Waals surface area contributed by atoms with Gasteiger partial charge in [-0.1, -0.05) is 6.42 Å². The number of pyridine rings is 1. The number of hydrogen-bond acceptors (Lipinski definition) is 3. The molecule has 1 N–H and O–H groups in total. The Kier molecular flexibility index (Phi) is 3.21. The summed E-state index contributed by atoms with van der Waals surface area (Å²) in [6.07, 6.45) is 5.41. The van der Waals surface area contributed by atoms with E-state index >= 15 is 0 Å². The van der Waals surface area contributed by atoms with Crippen LogP contribution in [0.1, 0.15) is 31.4 Å². The average molecular weight is 207 g/mol. The number of aryl methyl sites for hydroxylation is 1. The molecule has 1 fully saturated rings. The van der Waals surface area contributed by atoms with E-state index in [1.165, 1.54) is 0 Å². The number of rotatable bonds is 2. The minimum absolute atomic E-state index is 0.0540. The van der Waals surface area contributed by atoms with Crippen molar-refractivity contribution >= 4 is 0 Å². The molecule has 82 valence electrons. The molecule has 0 unspecified atom stereocenters. The number of nitrogens with zero attached hydrogens (tertiary/aromatic N) is 1. The predicted molar refractivity (Wildman–Crippen MR) is 57.9 cm³/mol. The van der Waals surface area contributed by atoms with Crippen LogP contribution in [0.4, 0.5) is 0 Å². The normalized spacial score (nSPS) is 26.3. The summed E-state index contributed by atoms with van der Waals surface area (Å²) in [5.41, 5.74) is 0.885. The maximum Gasteiger partial charge on any atom is 0.141 e. The highest BCUT2D eigenvalue weighted by atomic mass is 16.5. The van der Waals surface area contributed by atoms with Gasteiger partial charge in [-0.05, 0) is 38.3 Å². The summed E-state index contributed by atoms with van der Waals surface area (Å²) in [6.45, 7) is 1.92. The molecule has 0 amide bonds. The maximum atomic E-state index is 9.78. The third-order valence-corrected chi connectivity index (χ3v) is 2.90. The van der Waals surface area contributed by atoms with Gasteiger partial charge in [-0.15, -0.1) is 0 Å². The van der Waals surface area contributed by atoms with Gasteiger partial charge in [-0.3, -0.25) is 4.98 Å². The second-order valence-corrected chi connectivity index (χ2v) is 4.10. The van der Waals surface area contributed by atoms with E-state index < -0.39 is 0 Å². The van der Waals surface area contributed by atoms with Crippen LogP contribution < -0.4 is 4.74 Å². The molecule has 1 aromatic rings.